The van der Waals surface area contributed by atoms with E-state index in [0.717, 1.165) is 37.4 Å². The number of nitrogens with zero attached hydrogens (tertiary/aromatic N) is 5. The van der Waals surface area contributed by atoms with Crippen molar-refractivity contribution in [1.29, 1.82) is 0 Å². The summed E-state index contributed by atoms with van der Waals surface area (Å²) < 4.78 is 24.2. The third-order valence-electron chi connectivity index (χ3n) is 5.04. The topological polar surface area (TPSA) is 79.3 Å². The Balaban J connectivity index is 1.75. The molecule has 0 bridgehead atoms. The zero-order valence-electron chi connectivity index (χ0n) is 16.3. The van der Waals surface area contributed by atoms with Gasteiger partial charge in [0.05, 0.1) is 16.6 Å². The Labute approximate surface area is 161 Å². The van der Waals surface area contributed by atoms with Gasteiger partial charge in [-0.2, -0.15) is 5.10 Å². The molecule has 0 aliphatic carbocycles. The van der Waals surface area contributed by atoms with Crippen LogP contribution < -0.4 is 9.80 Å². The van der Waals surface area contributed by atoms with Crippen LogP contribution in [0.5, 0.6) is 0 Å². The molecule has 0 aromatic carbocycles. The molecule has 1 unspecified atom stereocenters. The average molecular weight is 390 g/mol. The van der Waals surface area contributed by atoms with Gasteiger partial charge < -0.3 is 9.80 Å². The number of pyridine rings is 1. The van der Waals surface area contributed by atoms with E-state index in [4.69, 9.17) is 0 Å². The highest BCUT2D eigenvalue weighted by Crippen LogP contribution is 2.27. The minimum atomic E-state index is -3.44. The van der Waals surface area contributed by atoms with Gasteiger partial charge in [0, 0.05) is 32.4 Å². The summed E-state index contributed by atoms with van der Waals surface area (Å²) in [6, 6.07) is 7.62. The molecule has 0 N–H and O–H groups in total. The fourth-order valence-corrected chi connectivity index (χ4v) is 4.27. The van der Waals surface area contributed by atoms with Gasteiger partial charge in [0.15, 0.2) is 20.7 Å². The maximum absolute atomic E-state index is 12.5. The highest BCUT2D eigenvalue weighted by atomic mass is 32.2. The number of piperidine rings is 1. The van der Waals surface area contributed by atoms with Gasteiger partial charge in [0.1, 0.15) is 0 Å². The molecule has 1 aliphatic heterocycles. The zero-order valence-corrected chi connectivity index (χ0v) is 17.1. The molecule has 27 heavy (non-hydrogen) atoms. The van der Waals surface area contributed by atoms with Crippen LogP contribution >= 0.6 is 0 Å². The van der Waals surface area contributed by atoms with Gasteiger partial charge in [-0.05, 0) is 57.9 Å². The molecule has 0 saturated carbocycles. The summed E-state index contributed by atoms with van der Waals surface area (Å²) >= 11 is 0. The lowest BCUT2D eigenvalue weighted by molar-refractivity contribution is 0.484. The smallest absolute Gasteiger partial charge is 0.200 e. The molecule has 8 heteroatoms. The quantitative estimate of drug-likeness (QED) is 0.795. The van der Waals surface area contributed by atoms with E-state index in [1.165, 1.54) is 0 Å². The molecule has 7 nitrogen and oxygen atoms in total. The predicted molar refractivity (Wildman–Crippen MR) is 107 cm³/mol. The molecule has 2 aromatic heterocycles. The summed E-state index contributed by atoms with van der Waals surface area (Å²) in [4.78, 5) is 8.65. The second-order valence-corrected chi connectivity index (χ2v) is 10.6. The minimum absolute atomic E-state index is 0.122. The first-order valence-electron chi connectivity index (χ1n) is 9.16. The Hall–Kier alpha value is -2.22. The fraction of sp³-hybridized carbons (Fsp3) is 0.526. The predicted octanol–water partition coefficient (Wildman–Crippen LogP) is 2.55. The Kier molecular flexibility index (Phi) is 5.37. The van der Waals surface area contributed by atoms with E-state index in [1.54, 1.807) is 39.2 Å². The number of aromatic nitrogens is 3. The van der Waals surface area contributed by atoms with Gasteiger partial charge >= 0.3 is 0 Å². The van der Waals surface area contributed by atoms with Crippen molar-refractivity contribution >= 4 is 21.3 Å². The van der Waals surface area contributed by atoms with Crippen molar-refractivity contribution in [3.05, 3.63) is 36.7 Å². The van der Waals surface area contributed by atoms with Gasteiger partial charge in [-0.25, -0.2) is 13.4 Å². The van der Waals surface area contributed by atoms with Crippen molar-refractivity contribution in [3.8, 4) is 0 Å². The van der Waals surface area contributed by atoms with Crippen LogP contribution in [0.4, 0.5) is 11.5 Å². The van der Waals surface area contributed by atoms with Crippen LogP contribution in [0.15, 0.2) is 41.7 Å². The van der Waals surface area contributed by atoms with Gasteiger partial charge in [0.2, 0.25) is 0 Å². The Morgan fingerprint density at radius 3 is 2.59 bits per heavy atom. The van der Waals surface area contributed by atoms with Crippen LogP contribution in [-0.4, -0.2) is 54.5 Å². The highest BCUT2D eigenvalue weighted by molar-refractivity contribution is 7.92. The number of hydrogen-bond acceptors (Lipinski definition) is 7. The van der Waals surface area contributed by atoms with Crippen LogP contribution in [0.1, 0.15) is 33.6 Å². The van der Waals surface area contributed by atoms with Crippen LogP contribution in [0.25, 0.3) is 0 Å². The maximum atomic E-state index is 12.5. The van der Waals surface area contributed by atoms with Crippen molar-refractivity contribution in [2.75, 3.05) is 29.9 Å². The lowest BCUT2D eigenvalue weighted by atomic mass is 10.0. The molecule has 3 heterocycles. The fourth-order valence-electron chi connectivity index (χ4n) is 3.21. The standard InChI is InChI=1S/C19H27N5O2S/c1-19(2,3)27(25,26)18-10-9-15(13-20-18)23(4)16-7-6-12-24(14-16)17-8-5-11-21-22-17/h5,8-11,13,16H,6-7,12,14H2,1-4H3. The van der Waals surface area contributed by atoms with Crippen molar-refractivity contribution in [3.63, 3.8) is 0 Å². The second kappa shape index (κ2) is 7.42. The summed E-state index contributed by atoms with van der Waals surface area (Å²) in [5, 5.41) is 8.30. The summed E-state index contributed by atoms with van der Waals surface area (Å²) in [6.45, 7) is 6.87. The van der Waals surface area contributed by atoms with E-state index in [2.05, 4.69) is 25.0 Å². The zero-order chi connectivity index (χ0) is 19.7. The van der Waals surface area contributed by atoms with Gasteiger partial charge in [-0.3, -0.25) is 0 Å². The molecule has 3 rings (SSSR count). The third kappa shape index (κ3) is 4.05. The summed E-state index contributed by atoms with van der Waals surface area (Å²) in [5.41, 5.74) is 0.911. The number of likely N-dealkylation sites (N-methyl/N-ethyl adjacent to an activating group) is 1. The maximum Gasteiger partial charge on any atom is 0.200 e. The Morgan fingerprint density at radius 2 is 2.00 bits per heavy atom. The molecule has 0 spiro atoms. The van der Waals surface area contributed by atoms with E-state index in [1.807, 2.05) is 25.2 Å². The Morgan fingerprint density at radius 1 is 1.22 bits per heavy atom. The van der Waals surface area contributed by atoms with Crippen LogP contribution in [0.3, 0.4) is 0 Å². The van der Waals surface area contributed by atoms with Gasteiger partial charge in [0.25, 0.3) is 0 Å². The molecule has 146 valence electrons. The third-order valence-corrected chi connectivity index (χ3v) is 7.44. The monoisotopic (exact) mass is 389 g/mol. The molecule has 1 fully saturated rings. The molecular formula is C19H27N5O2S. The summed E-state index contributed by atoms with van der Waals surface area (Å²) in [6.07, 6.45) is 5.46. The number of hydrogen-bond donors (Lipinski definition) is 0. The first-order chi connectivity index (χ1) is 12.7. The van der Waals surface area contributed by atoms with E-state index in [0.29, 0.717) is 6.04 Å². The molecule has 1 aliphatic rings. The van der Waals surface area contributed by atoms with Crippen molar-refractivity contribution in [1.82, 2.24) is 15.2 Å². The first-order valence-corrected chi connectivity index (χ1v) is 10.6. The molecule has 0 amide bonds. The number of rotatable bonds is 4. The normalized spacial score (nSPS) is 18.4. The van der Waals surface area contributed by atoms with Crippen LogP contribution in [0.2, 0.25) is 0 Å². The second-order valence-electron chi connectivity index (χ2n) is 7.91. The molecule has 1 atom stereocenters. The number of anilines is 2. The van der Waals surface area contributed by atoms with Crippen molar-refractivity contribution in [2.24, 2.45) is 0 Å². The van der Waals surface area contributed by atoms with Crippen molar-refractivity contribution < 1.29 is 8.42 Å². The lowest BCUT2D eigenvalue weighted by Crippen LogP contribution is -2.47. The summed E-state index contributed by atoms with van der Waals surface area (Å²) in [7, 11) is -1.41. The molecular weight excluding hydrogens is 362 g/mol. The SMILES string of the molecule is CN(c1ccc(S(=O)(=O)C(C)(C)C)nc1)C1CCCN(c2cccnn2)C1. The molecule has 2 aromatic rings. The van der Waals surface area contributed by atoms with E-state index >= 15 is 0 Å². The van der Waals surface area contributed by atoms with E-state index in [9.17, 15) is 8.42 Å². The first kappa shape index (κ1) is 19.5. The molecule has 0 radical (unpaired) electrons. The largest absolute Gasteiger partial charge is 0.369 e. The van der Waals surface area contributed by atoms with Crippen LogP contribution in [-0.2, 0) is 9.84 Å². The van der Waals surface area contributed by atoms with Crippen molar-refractivity contribution in [2.45, 2.75) is 49.4 Å². The number of sulfone groups is 1. The van der Waals surface area contributed by atoms with Gasteiger partial charge in [-0.1, -0.05) is 0 Å². The highest BCUT2D eigenvalue weighted by Gasteiger charge is 2.32. The summed E-state index contributed by atoms with van der Waals surface area (Å²) in [5.74, 6) is 0.889. The minimum Gasteiger partial charge on any atom is -0.369 e. The average Bonchev–Trinajstić information content (AvgIpc) is 2.67. The van der Waals surface area contributed by atoms with E-state index in [-0.39, 0.29) is 5.03 Å². The van der Waals surface area contributed by atoms with E-state index < -0.39 is 14.6 Å². The Bertz CT molecular complexity index is 863. The van der Waals surface area contributed by atoms with Crippen LogP contribution in [0, 0.1) is 0 Å². The lowest BCUT2D eigenvalue weighted by Gasteiger charge is -2.39. The molecule has 1 saturated heterocycles. The van der Waals surface area contributed by atoms with Gasteiger partial charge in [-0.15, -0.1) is 5.10 Å².